The first-order valence-electron chi connectivity index (χ1n) is 7.96. The van der Waals surface area contributed by atoms with Crippen molar-refractivity contribution in [2.75, 3.05) is 27.3 Å². The van der Waals surface area contributed by atoms with E-state index < -0.39 is 0 Å². The molecule has 1 amide bonds. The van der Waals surface area contributed by atoms with Crippen LogP contribution in [0.1, 0.15) is 37.3 Å². The molecule has 22 heavy (non-hydrogen) atoms. The van der Waals surface area contributed by atoms with Crippen molar-refractivity contribution in [2.24, 2.45) is 0 Å². The first-order chi connectivity index (χ1) is 10.7. The van der Waals surface area contributed by atoms with Gasteiger partial charge < -0.3 is 14.8 Å². The summed E-state index contributed by atoms with van der Waals surface area (Å²) in [6.07, 6.45) is 4.39. The molecule has 0 radical (unpaired) electrons. The van der Waals surface area contributed by atoms with Crippen LogP contribution in [-0.2, 0) is 4.79 Å². The summed E-state index contributed by atoms with van der Waals surface area (Å²) in [4.78, 5) is 14.3. The summed E-state index contributed by atoms with van der Waals surface area (Å²) in [6.45, 7) is 1.41. The van der Waals surface area contributed by atoms with Crippen LogP contribution >= 0.6 is 0 Å². The third-order valence-electron chi connectivity index (χ3n) is 4.45. The van der Waals surface area contributed by atoms with Gasteiger partial charge in [-0.05, 0) is 50.4 Å². The van der Waals surface area contributed by atoms with E-state index >= 15 is 0 Å². The molecule has 120 valence electrons. The van der Waals surface area contributed by atoms with Crippen molar-refractivity contribution in [1.29, 1.82) is 0 Å². The van der Waals surface area contributed by atoms with Crippen molar-refractivity contribution < 1.29 is 14.3 Å². The fraction of sp³-hybridized carbons (Fsp3) is 0.588. The van der Waals surface area contributed by atoms with E-state index in [2.05, 4.69) is 10.2 Å². The number of likely N-dealkylation sites (tertiary alicyclic amines) is 1. The van der Waals surface area contributed by atoms with Gasteiger partial charge in [-0.2, -0.15) is 0 Å². The lowest BCUT2D eigenvalue weighted by molar-refractivity contribution is -0.122. The molecule has 5 heteroatoms. The molecule has 0 spiro atoms. The highest BCUT2D eigenvalue weighted by molar-refractivity contribution is 5.78. The van der Waals surface area contributed by atoms with Gasteiger partial charge in [0.15, 0.2) is 0 Å². The van der Waals surface area contributed by atoms with Gasteiger partial charge in [-0.25, -0.2) is 0 Å². The second-order valence-corrected chi connectivity index (χ2v) is 6.08. The Hall–Kier alpha value is -1.75. The number of nitrogens with zero attached hydrogens (tertiary/aromatic N) is 1. The molecule has 1 aromatic rings. The summed E-state index contributed by atoms with van der Waals surface area (Å²) >= 11 is 0. The highest BCUT2D eigenvalue weighted by Crippen LogP contribution is 2.38. The van der Waals surface area contributed by atoms with Gasteiger partial charge >= 0.3 is 0 Å². The van der Waals surface area contributed by atoms with Crippen molar-refractivity contribution in [2.45, 2.75) is 37.8 Å². The average molecular weight is 304 g/mol. The molecule has 5 nitrogen and oxygen atoms in total. The lowest BCUT2D eigenvalue weighted by Gasteiger charge is -2.26. The number of methoxy groups -OCH3 is 2. The van der Waals surface area contributed by atoms with Crippen LogP contribution in [0.3, 0.4) is 0 Å². The van der Waals surface area contributed by atoms with E-state index in [9.17, 15) is 4.79 Å². The fourth-order valence-electron chi connectivity index (χ4n) is 3.15. The summed E-state index contributed by atoms with van der Waals surface area (Å²) in [5, 5.41) is 3.07. The second kappa shape index (κ2) is 6.57. The molecule has 3 rings (SSSR count). The molecule has 1 aromatic carbocycles. The SMILES string of the molecule is COc1ccc(OC)c(C2CCCN2CC(=O)NC2CC2)c1. The molecule has 0 bridgehead atoms. The van der Waals surface area contributed by atoms with Crippen molar-refractivity contribution in [3.63, 3.8) is 0 Å². The van der Waals surface area contributed by atoms with Crippen molar-refractivity contribution in [3.8, 4) is 11.5 Å². The molecular formula is C17H24N2O3. The van der Waals surface area contributed by atoms with Gasteiger partial charge in [0.1, 0.15) is 11.5 Å². The van der Waals surface area contributed by atoms with Crippen molar-refractivity contribution in [1.82, 2.24) is 10.2 Å². The highest BCUT2D eigenvalue weighted by atomic mass is 16.5. The molecule has 0 aromatic heterocycles. The van der Waals surface area contributed by atoms with Gasteiger partial charge in [0.2, 0.25) is 5.91 Å². The minimum atomic E-state index is 0.135. The summed E-state index contributed by atoms with van der Waals surface area (Å²) in [6, 6.07) is 6.51. The number of hydrogen-bond donors (Lipinski definition) is 1. The lowest BCUT2D eigenvalue weighted by atomic mass is 10.0. The van der Waals surface area contributed by atoms with E-state index in [0.717, 1.165) is 49.3 Å². The first kappa shape index (κ1) is 15.2. The standard InChI is InChI=1S/C17H24N2O3/c1-21-13-7-8-16(22-2)14(10-13)15-4-3-9-19(15)11-17(20)18-12-5-6-12/h7-8,10,12,15H,3-6,9,11H2,1-2H3,(H,18,20). The number of benzene rings is 1. The summed E-state index contributed by atoms with van der Waals surface area (Å²) in [5.41, 5.74) is 1.11. The molecular weight excluding hydrogens is 280 g/mol. The molecule has 1 aliphatic carbocycles. The number of hydrogen-bond acceptors (Lipinski definition) is 4. The van der Waals surface area contributed by atoms with Crippen LogP contribution in [0, 0.1) is 0 Å². The lowest BCUT2D eigenvalue weighted by Crippen LogP contribution is -2.37. The Bertz CT molecular complexity index is 543. The maximum absolute atomic E-state index is 12.1. The molecule has 1 aliphatic heterocycles. The zero-order valence-corrected chi connectivity index (χ0v) is 13.3. The molecule has 1 heterocycles. The molecule has 1 saturated heterocycles. The number of amides is 1. The Morgan fingerprint density at radius 2 is 2.09 bits per heavy atom. The third-order valence-corrected chi connectivity index (χ3v) is 4.45. The monoisotopic (exact) mass is 304 g/mol. The normalized spacial score (nSPS) is 21.6. The molecule has 2 aliphatic rings. The predicted octanol–water partition coefficient (Wildman–Crippen LogP) is 2.12. The molecule has 2 fully saturated rings. The summed E-state index contributed by atoms with van der Waals surface area (Å²) in [7, 11) is 3.35. The number of ether oxygens (including phenoxy) is 2. The van der Waals surface area contributed by atoms with Crippen LogP contribution in [-0.4, -0.2) is 44.2 Å². The Labute approximate surface area is 131 Å². The largest absolute Gasteiger partial charge is 0.497 e. The topological polar surface area (TPSA) is 50.8 Å². The minimum absolute atomic E-state index is 0.135. The molecule has 1 atom stereocenters. The number of rotatable bonds is 6. The maximum Gasteiger partial charge on any atom is 0.234 e. The van der Waals surface area contributed by atoms with Gasteiger partial charge in [-0.15, -0.1) is 0 Å². The van der Waals surface area contributed by atoms with Crippen LogP contribution < -0.4 is 14.8 Å². The molecule has 1 saturated carbocycles. The zero-order chi connectivity index (χ0) is 15.5. The third kappa shape index (κ3) is 3.35. The maximum atomic E-state index is 12.1. The van der Waals surface area contributed by atoms with Crippen LogP contribution in [0.5, 0.6) is 11.5 Å². The van der Waals surface area contributed by atoms with Crippen molar-refractivity contribution in [3.05, 3.63) is 23.8 Å². The Kier molecular flexibility index (Phi) is 4.52. The smallest absolute Gasteiger partial charge is 0.234 e. The van der Waals surface area contributed by atoms with E-state index in [1.54, 1.807) is 14.2 Å². The van der Waals surface area contributed by atoms with Crippen LogP contribution in [0.4, 0.5) is 0 Å². The average Bonchev–Trinajstić information content (AvgIpc) is 3.22. The van der Waals surface area contributed by atoms with Crippen LogP contribution in [0.25, 0.3) is 0 Å². The highest BCUT2D eigenvalue weighted by Gasteiger charge is 2.31. The predicted molar refractivity (Wildman–Crippen MR) is 84.3 cm³/mol. The van der Waals surface area contributed by atoms with Gasteiger partial charge in [0.25, 0.3) is 0 Å². The fourth-order valence-corrected chi connectivity index (χ4v) is 3.15. The Balaban J connectivity index is 1.75. The van der Waals surface area contributed by atoms with Gasteiger partial charge in [-0.1, -0.05) is 0 Å². The van der Waals surface area contributed by atoms with Crippen molar-refractivity contribution >= 4 is 5.91 Å². The minimum Gasteiger partial charge on any atom is -0.497 e. The van der Waals surface area contributed by atoms with E-state index in [-0.39, 0.29) is 11.9 Å². The number of nitrogens with one attached hydrogen (secondary N) is 1. The number of carbonyl (C=O) groups excluding carboxylic acids is 1. The summed E-state index contributed by atoms with van der Waals surface area (Å²) < 4.78 is 10.8. The first-order valence-corrected chi connectivity index (χ1v) is 7.96. The van der Waals surface area contributed by atoms with E-state index in [0.29, 0.717) is 12.6 Å². The number of carbonyl (C=O) groups is 1. The van der Waals surface area contributed by atoms with Crippen LogP contribution in [0.15, 0.2) is 18.2 Å². The Morgan fingerprint density at radius 1 is 1.27 bits per heavy atom. The Morgan fingerprint density at radius 3 is 2.77 bits per heavy atom. The van der Waals surface area contributed by atoms with E-state index in [1.807, 2.05) is 18.2 Å². The van der Waals surface area contributed by atoms with Gasteiger partial charge in [0.05, 0.1) is 20.8 Å². The van der Waals surface area contributed by atoms with E-state index in [1.165, 1.54) is 0 Å². The second-order valence-electron chi connectivity index (χ2n) is 6.08. The van der Waals surface area contributed by atoms with Gasteiger partial charge in [-0.3, -0.25) is 9.69 Å². The molecule has 1 N–H and O–H groups in total. The summed E-state index contributed by atoms with van der Waals surface area (Å²) in [5.74, 6) is 1.82. The van der Waals surface area contributed by atoms with Gasteiger partial charge in [0, 0.05) is 17.6 Å². The van der Waals surface area contributed by atoms with Crippen LogP contribution in [0.2, 0.25) is 0 Å². The molecule has 1 unspecified atom stereocenters. The van der Waals surface area contributed by atoms with E-state index in [4.69, 9.17) is 9.47 Å². The quantitative estimate of drug-likeness (QED) is 0.874. The zero-order valence-electron chi connectivity index (χ0n) is 13.3.